The van der Waals surface area contributed by atoms with Crippen LogP contribution in [0, 0.1) is 13.8 Å². The maximum absolute atomic E-state index is 5.90. The van der Waals surface area contributed by atoms with Crippen LogP contribution in [0.4, 0.5) is 5.69 Å². The number of hydrogen-bond donors (Lipinski definition) is 1. The van der Waals surface area contributed by atoms with E-state index in [1.54, 1.807) is 7.11 Å². The molecule has 1 N–H and O–H groups in total. The van der Waals surface area contributed by atoms with Gasteiger partial charge in [-0.05, 0) is 37.6 Å². The van der Waals surface area contributed by atoms with E-state index >= 15 is 0 Å². The van der Waals surface area contributed by atoms with Gasteiger partial charge < -0.3 is 24.1 Å². The lowest BCUT2D eigenvalue weighted by Gasteiger charge is -2.23. The smallest absolute Gasteiger partial charge is 0.271 e. The van der Waals surface area contributed by atoms with Crippen molar-refractivity contribution >= 4 is 5.69 Å². The van der Waals surface area contributed by atoms with Gasteiger partial charge in [-0.1, -0.05) is 23.4 Å². The van der Waals surface area contributed by atoms with Gasteiger partial charge in [-0.2, -0.15) is 4.98 Å². The highest BCUT2D eigenvalue weighted by atomic mass is 16.6. The van der Waals surface area contributed by atoms with Crippen molar-refractivity contribution in [2.24, 2.45) is 0 Å². The summed E-state index contributed by atoms with van der Waals surface area (Å²) in [4.78, 5) is 4.44. The van der Waals surface area contributed by atoms with Crippen LogP contribution in [0.25, 0.3) is 0 Å². The molecule has 3 aromatic rings. The molecule has 1 unspecified atom stereocenters. The maximum Gasteiger partial charge on any atom is 0.271 e. The zero-order valence-corrected chi connectivity index (χ0v) is 15.5. The molecule has 0 saturated heterocycles. The highest BCUT2D eigenvalue weighted by molar-refractivity contribution is 5.59. The van der Waals surface area contributed by atoms with Crippen LogP contribution in [-0.4, -0.2) is 23.9 Å². The minimum absolute atomic E-state index is 0.334. The molecule has 7 heteroatoms. The van der Waals surface area contributed by atoms with E-state index in [9.17, 15) is 0 Å². The Morgan fingerprint density at radius 2 is 1.96 bits per heavy atom. The summed E-state index contributed by atoms with van der Waals surface area (Å²) in [5.74, 6) is 3.22. The Labute approximate surface area is 157 Å². The van der Waals surface area contributed by atoms with Gasteiger partial charge in [0.1, 0.15) is 12.4 Å². The molecule has 1 aromatic heterocycles. The van der Waals surface area contributed by atoms with E-state index in [0.717, 1.165) is 28.3 Å². The number of hydrogen-bond acceptors (Lipinski definition) is 7. The number of methoxy groups -OCH3 is 1. The van der Waals surface area contributed by atoms with Crippen molar-refractivity contribution in [1.29, 1.82) is 0 Å². The number of ether oxygens (including phenoxy) is 3. The van der Waals surface area contributed by atoms with Crippen molar-refractivity contribution in [3.8, 4) is 17.2 Å². The van der Waals surface area contributed by atoms with E-state index in [-0.39, 0.29) is 0 Å². The van der Waals surface area contributed by atoms with Crippen LogP contribution in [0.15, 0.2) is 40.9 Å². The first kappa shape index (κ1) is 17.2. The molecule has 0 spiro atoms. The number of aryl methyl sites for hydroxylation is 1. The van der Waals surface area contributed by atoms with Crippen LogP contribution in [0.2, 0.25) is 0 Å². The number of nitrogens with one attached hydrogen (secondary N) is 1. The molecular weight excluding hydrogens is 346 g/mol. The fourth-order valence-electron chi connectivity index (χ4n) is 3.12. The average Bonchev–Trinajstić information content (AvgIpc) is 3.16. The van der Waals surface area contributed by atoms with E-state index in [4.69, 9.17) is 18.7 Å². The van der Waals surface area contributed by atoms with E-state index in [0.29, 0.717) is 30.6 Å². The molecule has 27 heavy (non-hydrogen) atoms. The van der Waals surface area contributed by atoms with Gasteiger partial charge in [-0.25, -0.2) is 0 Å². The number of benzene rings is 2. The Balaban J connectivity index is 1.44. The lowest BCUT2D eigenvalue weighted by atomic mass is 10.1. The van der Waals surface area contributed by atoms with Gasteiger partial charge in [0.2, 0.25) is 6.10 Å². The molecular formula is C20H21N3O4. The van der Waals surface area contributed by atoms with E-state index in [1.165, 1.54) is 0 Å². The number of rotatable bonds is 5. The minimum Gasteiger partial charge on any atom is -0.496 e. The third kappa shape index (κ3) is 3.40. The van der Waals surface area contributed by atoms with Crippen LogP contribution in [-0.2, 0) is 6.54 Å². The van der Waals surface area contributed by atoms with Gasteiger partial charge in [0, 0.05) is 11.3 Å². The quantitative estimate of drug-likeness (QED) is 0.734. The second kappa shape index (κ2) is 7.19. The van der Waals surface area contributed by atoms with Crippen molar-refractivity contribution < 1.29 is 18.7 Å². The number of aromatic nitrogens is 2. The van der Waals surface area contributed by atoms with Crippen LogP contribution in [0.5, 0.6) is 17.2 Å². The second-order valence-electron chi connectivity index (χ2n) is 6.35. The first-order chi connectivity index (χ1) is 13.2. The van der Waals surface area contributed by atoms with E-state index in [2.05, 4.69) is 15.5 Å². The zero-order valence-electron chi connectivity index (χ0n) is 15.5. The Kier molecular flexibility index (Phi) is 4.58. The molecule has 0 fully saturated rings. The van der Waals surface area contributed by atoms with Crippen molar-refractivity contribution in [2.45, 2.75) is 26.5 Å². The Bertz CT molecular complexity index is 954. The minimum atomic E-state index is -0.414. The topological polar surface area (TPSA) is 78.6 Å². The van der Waals surface area contributed by atoms with Crippen molar-refractivity contribution in [3.05, 3.63) is 59.2 Å². The van der Waals surface area contributed by atoms with Crippen LogP contribution < -0.4 is 19.5 Å². The number of anilines is 1. The molecule has 1 aliphatic rings. The van der Waals surface area contributed by atoms with Gasteiger partial charge in [-0.3, -0.25) is 0 Å². The highest BCUT2D eigenvalue weighted by Crippen LogP contribution is 2.35. The molecule has 1 aliphatic heterocycles. The highest BCUT2D eigenvalue weighted by Gasteiger charge is 2.27. The molecule has 4 rings (SSSR count). The largest absolute Gasteiger partial charge is 0.496 e. The van der Waals surface area contributed by atoms with Crippen LogP contribution >= 0.6 is 0 Å². The van der Waals surface area contributed by atoms with Gasteiger partial charge in [-0.15, -0.1) is 0 Å². The van der Waals surface area contributed by atoms with E-state index in [1.807, 2.05) is 50.2 Å². The fourth-order valence-corrected chi connectivity index (χ4v) is 3.12. The van der Waals surface area contributed by atoms with E-state index < -0.39 is 6.10 Å². The summed E-state index contributed by atoms with van der Waals surface area (Å²) in [6.07, 6.45) is -0.414. The predicted molar refractivity (Wildman–Crippen MR) is 99.4 cm³/mol. The van der Waals surface area contributed by atoms with Crippen LogP contribution in [0.3, 0.4) is 0 Å². The van der Waals surface area contributed by atoms with Crippen LogP contribution in [0.1, 0.15) is 28.9 Å². The SMILES string of the molecule is COc1c(C)ccc(NCc2noc(C3COc4ccccc4O3)n2)c1C. The summed E-state index contributed by atoms with van der Waals surface area (Å²) in [6, 6.07) is 11.6. The zero-order chi connectivity index (χ0) is 18.8. The molecule has 0 radical (unpaired) electrons. The average molecular weight is 367 g/mol. The molecule has 0 aliphatic carbocycles. The summed E-state index contributed by atoms with van der Waals surface area (Å²) in [7, 11) is 1.68. The van der Waals surface area contributed by atoms with Crippen molar-refractivity contribution in [1.82, 2.24) is 10.1 Å². The van der Waals surface area contributed by atoms with Crippen molar-refractivity contribution in [3.63, 3.8) is 0 Å². The van der Waals surface area contributed by atoms with Gasteiger partial charge in [0.05, 0.1) is 13.7 Å². The molecule has 0 amide bonds. The van der Waals surface area contributed by atoms with Crippen molar-refractivity contribution in [2.75, 3.05) is 19.0 Å². The Morgan fingerprint density at radius 3 is 2.78 bits per heavy atom. The number of para-hydroxylation sites is 2. The molecule has 140 valence electrons. The first-order valence-corrected chi connectivity index (χ1v) is 8.74. The summed E-state index contributed by atoms with van der Waals surface area (Å²) in [5, 5.41) is 7.36. The Morgan fingerprint density at radius 1 is 1.15 bits per heavy atom. The number of fused-ring (bicyclic) bond motifs is 1. The predicted octanol–water partition coefficient (Wildman–Crippen LogP) is 3.82. The molecule has 0 saturated carbocycles. The molecule has 2 aromatic carbocycles. The molecule has 7 nitrogen and oxygen atoms in total. The maximum atomic E-state index is 5.90. The summed E-state index contributed by atoms with van der Waals surface area (Å²) < 4.78 is 22.4. The third-order valence-electron chi connectivity index (χ3n) is 4.51. The monoisotopic (exact) mass is 367 g/mol. The summed E-state index contributed by atoms with van der Waals surface area (Å²) in [5.41, 5.74) is 3.11. The standard InChI is InChI=1S/C20H21N3O4/c1-12-8-9-14(13(2)19(12)24-3)21-10-18-22-20(27-23-18)17-11-25-15-6-4-5-7-16(15)26-17/h4-9,17,21H,10-11H2,1-3H3. The second-order valence-corrected chi connectivity index (χ2v) is 6.35. The van der Waals surface area contributed by atoms with Gasteiger partial charge in [0.15, 0.2) is 17.3 Å². The summed E-state index contributed by atoms with van der Waals surface area (Å²) in [6.45, 7) is 4.80. The van der Waals surface area contributed by atoms with Gasteiger partial charge in [0.25, 0.3) is 5.89 Å². The number of nitrogens with zero attached hydrogens (tertiary/aromatic N) is 2. The third-order valence-corrected chi connectivity index (χ3v) is 4.51. The molecule has 1 atom stereocenters. The molecule has 0 bridgehead atoms. The summed E-state index contributed by atoms with van der Waals surface area (Å²) >= 11 is 0. The lowest BCUT2D eigenvalue weighted by molar-refractivity contribution is 0.0665. The Hall–Kier alpha value is -3.22. The normalized spacial score (nSPS) is 15.4. The van der Waals surface area contributed by atoms with Gasteiger partial charge >= 0.3 is 0 Å². The molecule has 2 heterocycles. The first-order valence-electron chi connectivity index (χ1n) is 8.74. The lowest BCUT2D eigenvalue weighted by Crippen LogP contribution is -2.21. The fraction of sp³-hybridized carbons (Fsp3) is 0.300.